The molecule has 0 saturated carbocycles. The van der Waals surface area contributed by atoms with Crippen LogP contribution in [-0.2, 0) is 6.42 Å². The van der Waals surface area contributed by atoms with E-state index in [4.69, 9.17) is 4.74 Å². The van der Waals surface area contributed by atoms with Crippen molar-refractivity contribution in [2.24, 2.45) is 0 Å². The normalized spacial score (nSPS) is 12.3. The Labute approximate surface area is 133 Å². The lowest BCUT2D eigenvalue weighted by Crippen LogP contribution is -2.20. The summed E-state index contributed by atoms with van der Waals surface area (Å²) in [7, 11) is 1.70. The Bertz CT molecular complexity index is 524. The number of hydrogen-bond acceptors (Lipinski definition) is 3. The summed E-state index contributed by atoms with van der Waals surface area (Å²) >= 11 is 5.34. The molecule has 0 aliphatic carbocycles. The third-order valence-corrected chi connectivity index (χ3v) is 5.07. The average Bonchev–Trinajstić information content (AvgIpc) is 2.90. The third-order valence-electron chi connectivity index (χ3n) is 3.26. The first-order valence-electron chi connectivity index (χ1n) is 6.83. The van der Waals surface area contributed by atoms with Gasteiger partial charge in [0.25, 0.3) is 0 Å². The Hall–Kier alpha value is -0.840. The molecule has 1 N–H and O–H groups in total. The van der Waals surface area contributed by atoms with Gasteiger partial charge in [-0.05, 0) is 59.1 Å². The molecule has 1 aromatic heterocycles. The van der Waals surface area contributed by atoms with E-state index in [0.29, 0.717) is 6.04 Å². The molecule has 1 aromatic carbocycles. The molecule has 0 spiro atoms. The summed E-state index contributed by atoms with van der Waals surface area (Å²) in [5.74, 6) is 0.916. The smallest absolute Gasteiger partial charge is 0.118 e. The van der Waals surface area contributed by atoms with Crippen molar-refractivity contribution in [3.8, 4) is 5.75 Å². The third kappa shape index (κ3) is 4.33. The molecule has 1 unspecified atom stereocenters. The lowest BCUT2D eigenvalue weighted by Gasteiger charge is -2.16. The Morgan fingerprint density at radius 2 is 2.05 bits per heavy atom. The van der Waals surface area contributed by atoms with Crippen molar-refractivity contribution in [1.29, 1.82) is 0 Å². The Morgan fingerprint density at radius 1 is 1.30 bits per heavy atom. The van der Waals surface area contributed by atoms with Crippen LogP contribution in [0.25, 0.3) is 0 Å². The van der Waals surface area contributed by atoms with Gasteiger partial charge in [0.15, 0.2) is 0 Å². The Balaban J connectivity index is 1.97. The zero-order valence-electron chi connectivity index (χ0n) is 11.9. The minimum Gasteiger partial charge on any atom is -0.497 e. The molecule has 20 heavy (non-hydrogen) atoms. The molecule has 2 nitrogen and oxygen atoms in total. The van der Waals surface area contributed by atoms with Crippen molar-refractivity contribution in [2.75, 3.05) is 13.7 Å². The van der Waals surface area contributed by atoms with Crippen LogP contribution in [0.2, 0.25) is 0 Å². The highest BCUT2D eigenvalue weighted by molar-refractivity contribution is 9.10. The largest absolute Gasteiger partial charge is 0.497 e. The van der Waals surface area contributed by atoms with E-state index < -0.39 is 0 Å². The lowest BCUT2D eigenvalue weighted by molar-refractivity contribution is 0.414. The standard InChI is InChI=1S/C16H20BrNOS/c1-3-18-15(16-10-13(17)11-20-16)9-6-12-4-7-14(19-2)8-5-12/h4-5,7-8,10-11,15,18H,3,6,9H2,1-2H3. The number of rotatable bonds is 7. The lowest BCUT2D eigenvalue weighted by atomic mass is 10.0. The minimum atomic E-state index is 0.429. The number of ether oxygens (including phenoxy) is 1. The van der Waals surface area contributed by atoms with Crippen LogP contribution in [0, 0.1) is 0 Å². The van der Waals surface area contributed by atoms with Crippen LogP contribution in [0.5, 0.6) is 5.75 Å². The number of hydrogen-bond donors (Lipinski definition) is 1. The maximum atomic E-state index is 5.19. The zero-order chi connectivity index (χ0) is 14.4. The highest BCUT2D eigenvalue weighted by Crippen LogP contribution is 2.28. The highest BCUT2D eigenvalue weighted by Gasteiger charge is 2.12. The molecule has 0 aliphatic rings. The molecule has 4 heteroatoms. The fraction of sp³-hybridized carbons (Fsp3) is 0.375. The molecular weight excluding hydrogens is 334 g/mol. The van der Waals surface area contributed by atoms with Gasteiger partial charge in [-0.25, -0.2) is 0 Å². The topological polar surface area (TPSA) is 21.3 Å². The fourth-order valence-corrected chi connectivity index (χ4v) is 3.76. The van der Waals surface area contributed by atoms with E-state index in [1.165, 1.54) is 14.9 Å². The van der Waals surface area contributed by atoms with Gasteiger partial charge >= 0.3 is 0 Å². The highest BCUT2D eigenvalue weighted by atomic mass is 79.9. The molecule has 0 amide bonds. The van der Waals surface area contributed by atoms with Crippen molar-refractivity contribution in [1.82, 2.24) is 5.32 Å². The zero-order valence-corrected chi connectivity index (χ0v) is 14.3. The van der Waals surface area contributed by atoms with Crippen molar-refractivity contribution in [2.45, 2.75) is 25.8 Å². The van der Waals surface area contributed by atoms with Crippen molar-refractivity contribution in [3.05, 3.63) is 50.6 Å². The van der Waals surface area contributed by atoms with Gasteiger partial charge in [0, 0.05) is 20.8 Å². The summed E-state index contributed by atoms with van der Waals surface area (Å²) < 4.78 is 6.36. The van der Waals surface area contributed by atoms with Crippen LogP contribution in [0.1, 0.15) is 29.8 Å². The maximum absolute atomic E-state index is 5.19. The molecule has 0 aliphatic heterocycles. The van der Waals surface area contributed by atoms with E-state index in [0.717, 1.165) is 25.1 Å². The van der Waals surface area contributed by atoms with Gasteiger partial charge < -0.3 is 10.1 Å². The van der Waals surface area contributed by atoms with Gasteiger partial charge in [-0.2, -0.15) is 0 Å². The second kappa shape index (κ2) is 7.81. The van der Waals surface area contributed by atoms with Gasteiger partial charge in [0.05, 0.1) is 7.11 Å². The fourth-order valence-electron chi connectivity index (χ4n) is 2.21. The van der Waals surface area contributed by atoms with E-state index in [-0.39, 0.29) is 0 Å². The molecule has 0 bridgehead atoms. The van der Waals surface area contributed by atoms with Crippen LogP contribution in [0.4, 0.5) is 0 Å². The second-order valence-corrected chi connectivity index (χ2v) is 6.52. The van der Waals surface area contributed by atoms with Gasteiger partial charge in [-0.3, -0.25) is 0 Å². The SMILES string of the molecule is CCNC(CCc1ccc(OC)cc1)c1cc(Br)cs1. The van der Waals surface area contributed by atoms with Crippen molar-refractivity contribution < 1.29 is 4.74 Å². The van der Waals surface area contributed by atoms with E-state index in [9.17, 15) is 0 Å². The average molecular weight is 354 g/mol. The maximum Gasteiger partial charge on any atom is 0.118 e. The number of aryl methyl sites for hydroxylation is 1. The van der Waals surface area contributed by atoms with E-state index in [1.807, 2.05) is 23.5 Å². The van der Waals surface area contributed by atoms with E-state index in [2.05, 4.69) is 51.7 Å². The van der Waals surface area contributed by atoms with Crippen molar-refractivity contribution in [3.63, 3.8) is 0 Å². The summed E-state index contributed by atoms with van der Waals surface area (Å²) in [6, 6.07) is 11.0. The molecule has 1 heterocycles. The molecule has 2 aromatic rings. The molecule has 0 fully saturated rings. The number of nitrogens with one attached hydrogen (secondary N) is 1. The van der Waals surface area contributed by atoms with E-state index in [1.54, 1.807) is 7.11 Å². The predicted molar refractivity (Wildman–Crippen MR) is 89.8 cm³/mol. The van der Waals surface area contributed by atoms with Gasteiger partial charge in [0.1, 0.15) is 5.75 Å². The van der Waals surface area contributed by atoms with Crippen LogP contribution in [-0.4, -0.2) is 13.7 Å². The Kier molecular flexibility index (Phi) is 6.07. The molecule has 108 valence electrons. The van der Waals surface area contributed by atoms with Gasteiger partial charge in [-0.1, -0.05) is 19.1 Å². The number of thiophene rings is 1. The Morgan fingerprint density at radius 3 is 2.60 bits per heavy atom. The van der Waals surface area contributed by atoms with E-state index >= 15 is 0 Å². The van der Waals surface area contributed by atoms with Crippen LogP contribution in [0.3, 0.4) is 0 Å². The van der Waals surface area contributed by atoms with Gasteiger partial charge in [0.2, 0.25) is 0 Å². The molecule has 2 rings (SSSR count). The quantitative estimate of drug-likeness (QED) is 0.771. The summed E-state index contributed by atoms with van der Waals surface area (Å²) in [5.41, 5.74) is 1.35. The number of methoxy groups -OCH3 is 1. The van der Waals surface area contributed by atoms with Crippen LogP contribution >= 0.6 is 27.3 Å². The number of halogens is 1. The molecule has 0 radical (unpaired) electrons. The molecule has 1 atom stereocenters. The molecule has 0 saturated heterocycles. The first-order chi connectivity index (χ1) is 9.72. The van der Waals surface area contributed by atoms with Crippen LogP contribution in [0.15, 0.2) is 40.2 Å². The minimum absolute atomic E-state index is 0.429. The second-order valence-electron chi connectivity index (χ2n) is 4.66. The summed E-state index contributed by atoms with van der Waals surface area (Å²) in [6.07, 6.45) is 2.17. The van der Waals surface area contributed by atoms with Crippen molar-refractivity contribution >= 4 is 27.3 Å². The first-order valence-corrected chi connectivity index (χ1v) is 8.50. The van der Waals surface area contributed by atoms with Gasteiger partial charge in [-0.15, -0.1) is 11.3 Å². The van der Waals surface area contributed by atoms with Crippen LogP contribution < -0.4 is 10.1 Å². The summed E-state index contributed by atoms with van der Waals surface area (Å²) in [5, 5.41) is 5.72. The molecular formula is C16H20BrNOS. The monoisotopic (exact) mass is 353 g/mol. The predicted octanol–water partition coefficient (Wildman–Crippen LogP) is 4.80. The summed E-state index contributed by atoms with van der Waals surface area (Å²) in [6.45, 7) is 3.14. The first kappa shape index (κ1) is 15.5. The summed E-state index contributed by atoms with van der Waals surface area (Å²) in [4.78, 5) is 1.40. The number of benzene rings is 1.